The van der Waals surface area contributed by atoms with Gasteiger partial charge in [-0.2, -0.15) is 0 Å². The third-order valence-corrected chi connectivity index (χ3v) is 6.65. The number of hydrogen-bond donors (Lipinski definition) is 4. The van der Waals surface area contributed by atoms with Gasteiger partial charge in [0.2, 0.25) is 11.9 Å². The molecule has 0 aliphatic heterocycles. The van der Waals surface area contributed by atoms with Crippen LogP contribution in [0.2, 0.25) is 0 Å². The number of aromatic nitrogens is 4. The van der Waals surface area contributed by atoms with Gasteiger partial charge in [-0.15, -0.1) is 0 Å². The van der Waals surface area contributed by atoms with Crippen molar-refractivity contribution >= 4 is 43.3 Å². The van der Waals surface area contributed by atoms with E-state index in [1.807, 2.05) is 0 Å². The summed E-state index contributed by atoms with van der Waals surface area (Å²) in [6.07, 6.45) is 5.81. The molecule has 0 bridgehead atoms. The van der Waals surface area contributed by atoms with Crippen molar-refractivity contribution in [2.24, 2.45) is 0 Å². The number of benzene rings is 2. The van der Waals surface area contributed by atoms with Gasteiger partial charge < -0.3 is 11.5 Å². The van der Waals surface area contributed by atoms with Crippen LogP contribution in [0.25, 0.3) is 0 Å². The van der Waals surface area contributed by atoms with Crippen LogP contribution in [-0.4, -0.2) is 36.8 Å². The van der Waals surface area contributed by atoms with Crippen LogP contribution in [0.5, 0.6) is 0 Å². The Balaban J connectivity index is 0.000000240. The summed E-state index contributed by atoms with van der Waals surface area (Å²) in [5.74, 6) is 0.0636. The molecule has 0 spiro atoms. The molecule has 1 radical (unpaired) electrons. The molecule has 0 saturated heterocycles. The normalized spacial score (nSPS) is 10.7. The Morgan fingerprint density at radius 3 is 1.11 bits per heavy atom. The van der Waals surface area contributed by atoms with Gasteiger partial charge in [-0.1, -0.05) is 0 Å². The zero-order chi connectivity index (χ0) is 24.6. The Kier molecular flexibility index (Phi) is 9.48. The molecule has 0 unspecified atom stereocenters. The molecule has 2 aromatic carbocycles. The van der Waals surface area contributed by atoms with E-state index in [4.69, 9.17) is 11.5 Å². The molecule has 0 aliphatic carbocycles. The summed E-state index contributed by atoms with van der Waals surface area (Å²) in [5.41, 5.74) is 12.0. The fraction of sp³-hybridized carbons (Fsp3) is 0. The first-order valence-electron chi connectivity index (χ1n) is 9.46. The Labute approximate surface area is 212 Å². The van der Waals surface area contributed by atoms with Crippen molar-refractivity contribution in [3.8, 4) is 0 Å². The Morgan fingerprint density at radius 2 is 0.829 bits per heavy atom. The SMILES string of the molecule is Nc1ccc(S(=O)(=O)Nc2ncccn2)cc1.Nc1ccc(S(=O)(=O)Nc2ncccn2)cc1.[Cu]. The first-order valence-corrected chi connectivity index (χ1v) is 12.4. The predicted molar refractivity (Wildman–Crippen MR) is 127 cm³/mol. The Morgan fingerprint density at radius 1 is 0.543 bits per heavy atom. The third-order valence-electron chi connectivity index (χ3n) is 3.96. The molecule has 0 saturated carbocycles. The minimum Gasteiger partial charge on any atom is -0.399 e. The molecular formula is C20H20CuN8O4S2. The zero-order valence-corrected chi connectivity index (χ0v) is 20.4. The van der Waals surface area contributed by atoms with Gasteiger partial charge in [0.25, 0.3) is 20.0 Å². The van der Waals surface area contributed by atoms with Crippen LogP contribution in [0.1, 0.15) is 0 Å². The molecule has 2 heterocycles. The van der Waals surface area contributed by atoms with Crippen molar-refractivity contribution in [3.63, 3.8) is 0 Å². The second-order valence-electron chi connectivity index (χ2n) is 6.49. The Bertz CT molecular complexity index is 1310. The van der Waals surface area contributed by atoms with Crippen LogP contribution < -0.4 is 20.9 Å². The van der Waals surface area contributed by atoms with Crippen LogP contribution >= 0.6 is 0 Å². The van der Waals surface area contributed by atoms with Crippen molar-refractivity contribution in [2.45, 2.75) is 9.79 Å². The number of nitrogens with one attached hydrogen (secondary N) is 2. The van der Waals surface area contributed by atoms with E-state index in [1.165, 1.54) is 73.3 Å². The number of hydrogen-bond acceptors (Lipinski definition) is 10. The maximum Gasteiger partial charge on any atom is 0.264 e. The summed E-state index contributed by atoms with van der Waals surface area (Å²) in [6.45, 7) is 0. The van der Waals surface area contributed by atoms with Gasteiger partial charge in [-0.05, 0) is 60.7 Å². The topological polar surface area (TPSA) is 196 Å². The van der Waals surface area contributed by atoms with E-state index in [2.05, 4.69) is 29.4 Å². The zero-order valence-electron chi connectivity index (χ0n) is 17.8. The molecule has 0 aliphatic rings. The van der Waals surface area contributed by atoms with Gasteiger partial charge in [0.05, 0.1) is 9.79 Å². The molecule has 2 aromatic heterocycles. The van der Waals surface area contributed by atoms with E-state index in [0.29, 0.717) is 11.4 Å². The molecule has 0 amide bonds. The predicted octanol–water partition coefficient (Wildman–Crippen LogP) is 1.72. The average molecular weight is 564 g/mol. The van der Waals surface area contributed by atoms with Crippen molar-refractivity contribution < 1.29 is 33.9 Å². The second-order valence-corrected chi connectivity index (χ2v) is 9.86. The third kappa shape index (κ3) is 8.19. The molecule has 15 heteroatoms. The number of rotatable bonds is 6. The van der Waals surface area contributed by atoms with E-state index in [-0.39, 0.29) is 38.8 Å². The van der Waals surface area contributed by atoms with Gasteiger partial charge in [-0.3, -0.25) is 0 Å². The largest absolute Gasteiger partial charge is 0.399 e. The minimum absolute atomic E-state index is 0. The first-order chi connectivity index (χ1) is 16.2. The molecule has 0 fully saturated rings. The molecule has 187 valence electrons. The van der Waals surface area contributed by atoms with Gasteiger partial charge in [0.15, 0.2) is 0 Å². The number of sulfonamides is 2. The van der Waals surface area contributed by atoms with E-state index in [9.17, 15) is 16.8 Å². The standard InChI is InChI=1S/2C10H10N4O2S.Cu/c2*11-8-2-4-9(5-3-8)17(15,16)14-10-12-6-1-7-13-10;/h2*1-7H,11H2,(H,12,13,14);. The van der Waals surface area contributed by atoms with Gasteiger partial charge in [-0.25, -0.2) is 46.2 Å². The Hall–Kier alpha value is -3.78. The summed E-state index contributed by atoms with van der Waals surface area (Å²) >= 11 is 0. The monoisotopic (exact) mass is 563 g/mol. The molecule has 4 aromatic rings. The van der Waals surface area contributed by atoms with E-state index in [0.717, 1.165) is 0 Å². The molecular weight excluding hydrogens is 544 g/mol. The summed E-state index contributed by atoms with van der Waals surface area (Å²) < 4.78 is 52.1. The van der Waals surface area contributed by atoms with E-state index < -0.39 is 20.0 Å². The van der Waals surface area contributed by atoms with E-state index >= 15 is 0 Å². The van der Waals surface area contributed by atoms with Gasteiger partial charge in [0.1, 0.15) is 0 Å². The fourth-order valence-electron chi connectivity index (χ4n) is 2.36. The summed E-state index contributed by atoms with van der Waals surface area (Å²) in [6, 6.07) is 14.9. The van der Waals surface area contributed by atoms with Crippen molar-refractivity contribution in [1.82, 2.24) is 19.9 Å². The molecule has 4 rings (SSSR count). The smallest absolute Gasteiger partial charge is 0.264 e. The molecule has 12 nitrogen and oxygen atoms in total. The van der Waals surface area contributed by atoms with Crippen molar-refractivity contribution in [2.75, 3.05) is 20.9 Å². The first kappa shape index (κ1) is 27.5. The maximum atomic E-state index is 11.9. The van der Waals surface area contributed by atoms with Crippen LogP contribution in [0.15, 0.2) is 95.2 Å². The van der Waals surface area contributed by atoms with Crippen molar-refractivity contribution in [3.05, 3.63) is 85.5 Å². The molecule has 35 heavy (non-hydrogen) atoms. The van der Waals surface area contributed by atoms with Crippen molar-refractivity contribution in [1.29, 1.82) is 0 Å². The van der Waals surface area contributed by atoms with Gasteiger partial charge >= 0.3 is 0 Å². The molecule has 0 atom stereocenters. The fourth-order valence-corrected chi connectivity index (χ4v) is 4.27. The summed E-state index contributed by atoms with van der Waals surface area (Å²) in [7, 11) is -7.32. The van der Waals surface area contributed by atoms with Crippen LogP contribution in [0, 0.1) is 0 Å². The number of nitrogens with zero attached hydrogens (tertiary/aromatic N) is 4. The number of anilines is 4. The summed E-state index contributed by atoms with van der Waals surface area (Å²) in [4.78, 5) is 15.3. The van der Waals surface area contributed by atoms with Crippen LogP contribution in [-0.2, 0) is 37.1 Å². The number of nitrogens with two attached hydrogens (primary N) is 2. The van der Waals surface area contributed by atoms with Crippen LogP contribution in [0.4, 0.5) is 23.3 Å². The quantitative estimate of drug-likeness (QED) is 0.198. The number of nitrogen functional groups attached to an aromatic ring is 2. The maximum absolute atomic E-state index is 11.9. The minimum atomic E-state index is -3.66. The average Bonchev–Trinajstić information content (AvgIpc) is 2.81. The molecule has 6 N–H and O–H groups in total. The van der Waals surface area contributed by atoms with Crippen LogP contribution in [0.3, 0.4) is 0 Å². The van der Waals surface area contributed by atoms with E-state index in [1.54, 1.807) is 12.1 Å². The van der Waals surface area contributed by atoms with Gasteiger partial charge in [0, 0.05) is 53.2 Å². The second kappa shape index (κ2) is 12.1. The summed E-state index contributed by atoms with van der Waals surface area (Å²) in [5, 5.41) is 0.